The summed E-state index contributed by atoms with van der Waals surface area (Å²) in [6.07, 6.45) is 3.12. The molecule has 0 unspecified atom stereocenters. The lowest BCUT2D eigenvalue weighted by Crippen LogP contribution is -2.45. The quantitative estimate of drug-likeness (QED) is 0.351. The van der Waals surface area contributed by atoms with E-state index in [-0.39, 0.29) is 23.8 Å². The number of thioether (sulfide) groups is 2. The van der Waals surface area contributed by atoms with Gasteiger partial charge in [0.15, 0.2) is 0 Å². The number of carboxylic acids is 1. The van der Waals surface area contributed by atoms with Gasteiger partial charge in [-0.05, 0) is 43.5 Å². The van der Waals surface area contributed by atoms with Crippen molar-refractivity contribution in [3.05, 3.63) is 82.6 Å². The minimum Gasteiger partial charge on any atom is -0.480 e. The van der Waals surface area contributed by atoms with Gasteiger partial charge in [0.05, 0.1) is 9.81 Å². The predicted molar refractivity (Wildman–Crippen MR) is 135 cm³/mol. The lowest BCUT2D eigenvalue weighted by atomic mass is 10.1. The third-order valence-electron chi connectivity index (χ3n) is 5.55. The lowest BCUT2D eigenvalue weighted by Gasteiger charge is -2.23. The van der Waals surface area contributed by atoms with Gasteiger partial charge in [0, 0.05) is 28.5 Å². The maximum absolute atomic E-state index is 12.8. The van der Waals surface area contributed by atoms with Crippen LogP contribution in [0, 0.1) is 0 Å². The summed E-state index contributed by atoms with van der Waals surface area (Å²) in [6.45, 7) is 0.120. The zero-order valence-corrected chi connectivity index (χ0v) is 20.7. The zero-order valence-electron chi connectivity index (χ0n) is 19.0. The molecule has 0 saturated carbocycles. The number of imide groups is 2. The third kappa shape index (κ3) is 5.77. The first kappa shape index (κ1) is 25.5. The van der Waals surface area contributed by atoms with Crippen molar-refractivity contribution in [2.75, 3.05) is 6.54 Å². The first-order valence-corrected chi connectivity index (χ1v) is 12.8. The molecule has 1 atom stereocenters. The molecule has 0 radical (unpaired) electrons. The summed E-state index contributed by atoms with van der Waals surface area (Å²) in [4.78, 5) is 66.2. The van der Waals surface area contributed by atoms with Crippen molar-refractivity contribution in [3.8, 4) is 0 Å². The Bertz CT molecular complexity index is 1260. The average Bonchev–Trinajstić information content (AvgIpc) is 3.28. The number of nitrogens with zero attached hydrogens (tertiary/aromatic N) is 2. The number of hydrogen-bond donors (Lipinski definition) is 1. The number of carbonyl (C=O) groups is 5. The summed E-state index contributed by atoms with van der Waals surface area (Å²) in [7, 11) is 0. The second-order valence-electron chi connectivity index (χ2n) is 8.01. The topological polar surface area (TPSA) is 112 Å². The number of benzene rings is 2. The Hall–Kier alpha value is -3.63. The van der Waals surface area contributed by atoms with Crippen LogP contribution in [0.2, 0.25) is 0 Å². The number of hydrogen-bond acceptors (Lipinski definition) is 7. The van der Waals surface area contributed by atoms with Crippen molar-refractivity contribution in [2.24, 2.45) is 0 Å². The summed E-state index contributed by atoms with van der Waals surface area (Å²) in [5, 5.41) is 9.71. The smallest absolute Gasteiger partial charge is 0.326 e. The van der Waals surface area contributed by atoms with E-state index in [4.69, 9.17) is 0 Å². The number of rotatable bonds is 11. The molecule has 10 heteroatoms. The summed E-state index contributed by atoms with van der Waals surface area (Å²) >= 11 is 2.32. The van der Waals surface area contributed by atoms with E-state index in [0.717, 1.165) is 37.4 Å². The molecular formula is C26H22N2O6S2. The molecule has 2 aromatic rings. The number of carbonyl (C=O) groups excluding carboxylic acids is 4. The summed E-state index contributed by atoms with van der Waals surface area (Å²) in [5.74, 6) is -3.39. The maximum Gasteiger partial charge on any atom is 0.326 e. The molecule has 184 valence electrons. The second-order valence-corrected chi connectivity index (χ2v) is 10.2. The molecule has 8 nitrogen and oxygen atoms in total. The first-order valence-electron chi connectivity index (χ1n) is 11.2. The van der Waals surface area contributed by atoms with Crippen LogP contribution in [0.15, 0.2) is 92.4 Å². The van der Waals surface area contributed by atoms with Gasteiger partial charge in [0.1, 0.15) is 6.04 Å². The van der Waals surface area contributed by atoms with Gasteiger partial charge < -0.3 is 5.11 Å². The van der Waals surface area contributed by atoms with Crippen molar-refractivity contribution in [3.63, 3.8) is 0 Å². The highest BCUT2D eigenvalue weighted by atomic mass is 32.2. The third-order valence-corrected chi connectivity index (χ3v) is 7.59. The Balaban J connectivity index is 1.30. The van der Waals surface area contributed by atoms with Crippen LogP contribution in [0.4, 0.5) is 0 Å². The fourth-order valence-electron chi connectivity index (χ4n) is 3.80. The Labute approximate surface area is 216 Å². The molecule has 2 aliphatic rings. The Morgan fingerprint density at radius 3 is 1.83 bits per heavy atom. The van der Waals surface area contributed by atoms with Gasteiger partial charge in [-0.3, -0.25) is 29.0 Å². The van der Waals surface area contributed by atoms with Gasteiger partial charge in [-0.25, -0.2) is 4.79 Å². The molecule has 2 aliphatic heterocycles. The van der Waals surface area contributed by atoms with Crippen LogP contribution in [-0.4, -0.2) is 57.1 Å². The molecule has 0 aromatic heterocycles. The van der Waals surface area contributed by atoms with Crippen LogP contribution in [0.5, 0.6) is 0 Å². The zero-order chi connectivity index (χ0) is 25.7. The van der Waals surface area contributed by atoms with Crippen molar-refractivity contribution in [1.82, 2.24) is 9.80 Å². The van der Waals surface area contributed by atoms with Crippen molar-refractivity contribution in [2.45, 2.75) is 35.1 Å². The number of aliphatic carboxylic acids is 1. The van der Waals surface area contributed by atoms with Gasteiger partial charge in [-0.2, -0.15) is 0 Å². The highest BCUT2D eigenvalue weighted by Gasteiger charge is 2.40. The van der Waals surface area contributed by atoms with E-state index in [1.165, 1.54) is 17.8 Å². The minimum atomic E-state index is -1.33. The first-order chi connectivity index (χ1) is 17.3. The van der Waals surface area contributed by atoms with E-state index in [9.17, 15) is 29.1 Å². The van der Waals surface area contributed by atoms with E-state index in [2.05, 4.69) is 0 Å². The predicted octanol–water partition coefficient (Wildman–Crippen LogP) is 3.70. The van der Waals surface area contributed by atoms with Crippen molar-refractivity contribution >= 4 is 53.1 Å². The van der Waals surface area contributed by atoms with E-state index in [1.54, 1.807) is 24.3 Å². The minimum absolute atomic E-state index is 0.0131. The molecule has 4 amide bonds. The standard InChI is InChI=1S/C26H22N2O6S2/c29-22-15-20(35-17-9-3-1-4-10-17)24(31)27(22)14-8-7-13-19(26(33)34)28-23(30)16-21(25(28)32)36-18-11-5-2-6-12-18/h1-6,9-12,15-16,19H,7-8,13-14H2,(H,33,34)/t19-/m0/s1. The Morgan fingerprint density at radius 1 is 0.750 bits per heavy atom. The molecule has 36 heavy (non-hydrogen) atoms. The largest absolute Gasteiger partial charge is 0.480 e. The van der Waals surface area contributed by atoms with Gasteiger partial charge in [0.2, 0.25) is 0 Å². The fourth-order valence-corrected chi connectivity index (χ4v) is 5.60. The second kappa shape index (κ2) is 11.4. The lowest BCUT2D eigenvalue weighted by molar-refractivity contribution is -0.153. The van der Waals surface area contributed by atoms with Gasteiger partial charge in [-0.15, -0.1) is 0 Å². The van der Waals surface area contributed by atoms with E-state index < -0.39 is 29.7 Å². The van der Waals surface area contributed by atoms with E-state index in [1.807, 2.05) is 36.4 Å². The molecule has 0 fully saturated rings. The van der Waals surface area contributed by atoms with Crippen LogP contribution in [-0.2, 0) is 24.0 Å². The Morgan fingerprint density at radius 2 is 1.28 bits per heavy atom. The molecule has 0 spiro atoms. The van der Waals surface area contributed by atoms with E-state index in [0.29, 0.717) is 17.7 Å². The molecule has 4 rings (SSSR count). The van der Waals surface area contributed by atoms with E-state index >= 15 is 0 Å². The van der Waals surface area contributed by atoms with Crippen LogP contribution in [0.1, 0.15) is 19.3 Å². The summed E-state index contributed by atoms with van der Waals surface area (Å²) < 4.78 is 0. The van der Waals surface area contributed by atoms with Crippen LogP contribution >= 0.6 is 23.5 Å². The van der Waals surface area contributed by atoms with Crippen molar-refractivity contribution in [1.29, 1.82) is 0 Å². The van der Waals surface area contributed by atoms with Crippen LogP contribution < -0.4 is 0 Å². The van der Waals surface area contributed by atoms with Crippen LogP contribution in [0.25, 0.3) is 0 Å². The Kier molecular flexibility index (Phi) is 8.07. The maximum atomic E-state index is 12.8. The number of amides is 4. The molecule has 0 saturated heterocycles. The number of carboxylic acid groups (broad SMARTS) is 1. The monoisotopic (exact) mass is 522 g/mol. The van der Waals surface area contributed by atoms with Gasteiger partial charge in [0.25, 0.3) is 23.6 Å². The highest BCUT2D eigenvalue weighted by Crippen LogP contribution is 2.33. The van der Waals surface area contributed by atoms with Crippen LogP contribution in [0.3, 0.4) is 0 Å². The molecule has 0 bridgehead atoms. The van der Waals surface area contributed by atoms with Gasteiger partial charge >= 0.3 is 5.97 Å². The fraction of sp³-hybridized carbons (Fsp3) is 0.192. The highest BCUT2D eigenvalue weighted by molar-refractivity contribution is 8.04. The SMILES string of the molecule is O=C(O)[C@H](CCCCN1C(=O)C=C(Sc2ccccc2)C1=O)N1C(=O)C=C(Sc2ccccc2)C1=O. The average molecular weight is 523 g/mol. The normalized spacial score (nSPS) is 16.4. The summed E-state index contributed by atoms with van der Waals surface area (Å²) in [5.41, 5.74) is 0. The van der Waals surface area contributed by atoms with Crippen molar-refractivity contribution < 1.29 is 29.1 Å². The molecule has 2 heterocycles. The molecular weight excluding hydrogens is 500 g/mol. The number of unbranched alkanes of at least 4 members (excludes halogenated alkanes) is 1. The molecule has 2 aromatic carbocycles. The summed E-state index contributed by atoms with van der Waals surface area (Å²) in [6, 6.07) is 16.9. The molecule has 1 N–H and O–H groups in total. The van der Waals surface area contributed by atoms with Gasteiger partial charge in [-0.1, -0.05) is 59.9 Å². The molecule has 0 aliphatic carbocycles.